The van der Waals surface area contributed by atoms with Crippen LogP contribution in [0.1, 0.15) is 16.8 Å². The number of nitrogens with two attached hydrogens (primary N) is 1. The van der Waals surface area contributed by atoms with Gasteiger partial charge in [0.1, 0.15) is 11.9 Å². The molecule has 70 valence electrons. The van der Waals surface area contributed by atoms with Crippen LogP contribution >= 0.6 is 0 Å². The Morgan fingerprint density at radius 1 is 1.36 bits per heavy atom. The molecule has 0 radical (unpaired) electrons. The lowest BCUT2D eigenvalue weighted by molar-refractivity contribution is 1.11. The fourth-order valence-corrected chi connectivity index (χ4v) is 1.80. The molecule has 2 heterocycles. The van der Waals surface area contributed by atoms with E-state index in [9.17, 15) is 0 Å². The molecule has 0 aliphatic carbocycles. The van der Waals surface area contributed by atoms with Gasteiger partial charge in [-0.05, 0) is 31.5 Å². The summed E-state index contributed by atoms with van der Waals surface area (Å²) in [4.78, 5) is 0. The van der Waals surface area contributed by atoms with Gasteiger partial charge in [0, 0.05) is 5.69 Å². The third-order valence-corrected chi connectivity index (χ3v) is 2.55. The Balaban J connectivity index is 3.04. The lowest BCUT2D eigenvalue weighted by Crippen LogP contribution is -1.97. The standard InChI is InChI=1S/C11H11N3/c1-7-4-3-5-10-8(2)9(6-12)11(13)14(7)10/h3-5H,13H2,1-2H3. The SMILES string of the molecule is Cc1c(C#N)c(N)n2c(C)cccc12. The molecular formula is C11H11N3. The lowest BCUT2D eigenvalue weighted by atomic mass is 10.2. The van der Waals surface area contributed by atoms with Crippen LogP contribution in [0, 0.1) is 25.2 Å². The van der Waals surface area contributed by atoms with Crippen molar-refractivity contribution in [3.8, 4) is 6.07 Å². The van der Waals surface area contributed by atoms with Crippen molar-refractivity contribution >= 4 is 11.3 Å². The number of rotatable bonds is 0. The second kappa shape index (κ2) is 2.78. The quantitative estimate of drug-likeness (QED) is 0.682. The van der Waals surface area contributed by atoms with E-state index >= 15 is 0 Å². The number of aryl methyl sites for hydroxylation is 2. The van der Waals surface area contributed by atoms with E-state index < -0.39 is 0 Å². The summed E-state index contributed by atoms with van der Waals surface area (Å²) in [5.74, 6) is 0.540. The Morgan fingerprint density at radius 3 is 2.64 bits per heavy atom. The van der Waals surface area contributed by atoms with Gasteiger partial charge in [0.15, 0.2) is 0 Å². The summed E-state index contributed by atoms with van der Waals surface area (Å²) in [6.45, 7) is 3.90. The van der Waals surface area contributed by atoms with Crippen molar-refractivity contribution < 1.29 is 0 Å². The number of aromatic nitrogens is 1. The number of nitriles is 1. The van der Waals surface area contributed by atoms with E-state index in [4.69, 9.17) is 11.0 Å². The minimum absolute atomic E-state index is 0.540. The molecule has 2 N–H and O–H groups in total. The van der Waals surface area contributed by atoms with Crippen LogP contribution in [0.3, 0.4) is 0 Å². The predicted molar refractivity (Wildman–Crippen MR) is 56.0 cm³/mol. The molecule has 2 rings (SSSR count). The molecule has 2 aromatic heterocycles. The van der Waals surface area contributed by atoms with E-state index in [0.29, 0.717) is 11.4 Å². The Morgan fingerprint density at radius 2 is 2.07 bits per heavy atom. The number of hydrogen-bond donors (Lipinski definition) is 1. The minimum Gasteiger partial charge on any atom is -0.384 e. The smallest absolute Gasteiger partial charge is 0.126 e. The van der Waals surface area contributed by atoms with Crippen molar-refractivity contribution in [1.29, 1.82) is 5.26 Å². The molecule has 0 amide bonds. The van der Waals surface area contributed by atoms with Crippen LogP contribution in [0.2, 0.25) is 0 Å². The maximum Gasteiger partial charge on any atom is 0.126 e. The van der Waals surface area contributed by atoms with Crippen LogP contribution in [-0.4, -0.2) is 4.40 Å². The summed E-state index contributed by atoms with van der Waals surface area (Å²) in [6.07, 6.45) is 0. The van der Waals surface area contributed by atoms with E-state index in [0.717, 1.165) is 16.8 Å². The highest BCUT2D eigenvalue weighted by atomic mass is 15.0. The average molecular weight is 185 g/mol. The molecule has 0 fully saturated rings. The summed E-state index contributed by atoms with van der Waals surface area (Å²) in [6, 6.07) is 8.05. The van der Waals surface area contributed by atoms with E-state index in [1.54, 1.807) is 0 Å². The summed E-state index contributed by atoms with van der Waals surface area (Å²) < 4.78 is 1.91. The van der Waals surface area contributed by atoms with Crippen LogP contribution in [0.4, 0.5) is 5.82 Å². The molecule has 0 aliphatic heterocycles. The number of nitrogens with zero attached hydrogens (tertiary/aromatic N) is 2. The van der Waals surface area contributed by atoms with Crippen LogP contribution in [-0.2, 0) is 0 Å². The van der Waals surface area contributed by atoms with Crippen molar-refractivity contribution in [2.24, 2.45) is 0 Å². The summed E-state index contributed by atoms with van der Waals surface area (Å²) in [5, 5.41) is 8.95. The zero-order chi connectivity index (χ0) is 10.3. The molecule has 0 spiro atoms. The molecule has 0 atom stereocenters. The fraction of sp³-hybridized carbons (Fsp3) is 0.182. The molecule has 0 saturated heterocycles. The predicted octanol–water partition coefficient (Wildman–Crippen LogP) is 2.01. The first-order valence-electron chi connectivity index (χ1n) is 4.43. The molecule has 2 aromatic rings. The Hall–Kier alpha value is -1.95. The molecule has 0 aliphatic rings. The Labute approximate surface area is 82.4 Å². The van der Waals surface area contributed by atoms with Gasteiger partial charge in [-0.1, -0.05) is 6.07 Å². The minimum atomic E-state index is 0.540. The Kier molecular flexibility index (Phi) is 1.71. The van der Waals surface area contributed by atoms with Gasteiger partial charge in [0.05, 0.1) is 11.1 Å². The molecule has 0 saturated carbocycles. The molecule has 0 unspecified atom stereocenters. The first kappa shape index (κ1) is 8.64. The van der Waals surface area contributed by atoms with Crippen LogP contribution in [0.25, 0.3) is 5.52 Å². The highest BCUT2D eigenvalue weighted by Crippen LogP contribution is 2.25. The summed E-state index contributed by atoms with van der Waals surface area (Å²) >= 11 is 0. The van der Waals surface area contributed by atoms with Gasteiger partial charge in [-0.15, -0.1) is 0 Å². The highest BCUT2D eigenvalue weighted by molar-refractivity contribution is 5.72. The zero-order valence-electron chi connectivity index (χ0n) is 8.20. The van der Waals surface area contributed by atoms with Crippen molar-refractivity contribution in [2.75, 3.05) is 5.73 Å². The third-order valence-electron chi connectivity index (χ3n) is 2.55. The number of nitrogen functional groups attached to an aromatic ring is 1. The van der Waals surface area contributed by atoms with Crippen LogP contribution in [0.15, 0.2) is 18.2 Å². The molecular weight excluding hydrogens is 174 g/mol. The zero-order valence-corrected chi connectivity index (χ0v) is 8.20. The molecule has 14 heavy (non-hydrogen) atoms. The number of pyridine rings is 1. The second-order valence-electron chi connectivity index (χ2n) is 3.38. The van der Waals surface area contributed by atoms with E-state index in [-0.39, 0.29) is 0 Å². The number of hydrogen-bond acceptors (Lipinski definition) is 2. The molecule has 0 bridgehead atoms. The Bertz CT molecular complexity index is 544. The van der Waals surface area contributed by atoms with E-state index in [1.165, 1.54) is 0 Å². The molecule has 3 nitrogen and oxygen atoms in total. The van der Waals surface area contributed by atoms with Gasteiger partial charge in [0.25, 0.3) is 0 Å². The van der Waals surface area contributed by atoms with Gasteiger partial charge in [-0.3, -0.25) is 4.40 Å². The topological polar surface area (TPSA) is 54.2 Å². The lowest BCUT2D eigenvalue weighted by Gasteiger charge is -2.01. The van der Waals surface area contributed by atoms with Gasteiger partial charge in [0.2, 0.25) is 0 Å². The van der Waals surface area contributed by atoms with Crippen LogP contribution in [0.5, 0.6) is 0 Å². The van der Waals surface area contributed by atoms with Crippen molar-refractivity contribution in [3.05, 3.63) is 35.0 Å². The van der Waals surface area contributed by atoms with Crippen molar-refractivity contribution in [1.82, 2.24) is 4.40 Å². The van der Waals surface area contributed by atoms with Crippen molar-refractivity contribution in [3.63, 3.8) is 0 Å². The first-order valence-corrected chi connectivity index (χ1v) is 4.43. The third kappa shape index (κ3) is 0.912. The fourth-order valence-electron chi connectivity index (χ4n) is 1.80. The van der Waals surface area contributed by atoms with Gasteiger partial charge in [-0.25, -0.2) is 0 Å². The summed E-state index contributed by atoms with van der Waals surface area (Å²) in [5.41, 5.74) is 9.49. The van der Waals surface area contributed by atoms with Crippen LogP contribution < -0.4 is 5.73 Å². The van der Waals surface area contributed by atoms with E-state index in [1.807, 2.05) is 36.4 Å². The van der Waals surface area contributed by atoms with E-state index in [2.05, 4.69) is 6.07 Å². The molecule has 0 aromatic carbocycles. The highest BCUT2D eigenvalue weighted by Gasteiger charge is 2.12. The van der Waals surface area contributed by atoms with Gasteiger partial charge >= 0.3 is 0 Å². The number of anilines is 1. The summed E-state index contributed by atoms with van der Waals surface area (Å²) in [7, 11) is 0. The maximum absolute atomic E-state index is 8.95. The number of fused-ring (bicyclic) bond motifs is 1. The largest absolute Gasteiger partial charge is 0.384 e. The van der Waals surface area contributed by atoms with Crippen molar-refractivity contribution in [2.45, 2.75) is 13.8 Å². The normalized spacial score (nSPS) is 10.4. The van der Waals surface area contributed by atoms with Gasteiger partial charge < -0.3 is 5.73 Å². The first-order chi connectivity index (χ1) is 6.66. The monoisotopic (exact) mass is 185 g/mol. The maximum atomic E-state index is 8.95. The molecule has 3 heteroatoms. The van der Waals surface area contributed by atoms with Gasteiger partial charge in [-0.2, -0.15) is 5.26 Å². The second-order valence-corrected chi connectivity index (χ2v) is 3.38. The average Bonchev–Trinajstić information content (AvgIpc) is 2.41.